The minimum absolute atomic E-state index is 0.440. The number of nitrogens with zero attached hydrogens (tertiary/aromatic N) is 3. The van der Waals surface area contributed by atoms with Crippen molar-refractivity contribution in [3.63, 3.8) is 0 Å². The molecule has 0 saturated carbocycles. The van der Waals surface area contributed by atoms with Crippen molar-refractivity contribution in [3.05, 3.63) is 47.0 Å². The first-order chi connectivity index (χ1) is 7.22. The van der Waals surface area contributed by atoms with Gasteiger partial charge in [0.1, 0.15) is 12.4 Å². The van der Waals surface area contributed by atoms with E-state index in [1.54, 1.807) is 6.33 Å². The van der Waals surface area contributed by atoms with Crippen LogP contribution in [0.4, 0.5) is 0 Å². The predicted octanol–water partition coefficient (Wildman–Crippen LogP) is 2.71. The first-order valence-corrected chi connectivity index (χ1v) is 4.80. The molecule has 0 saturated heterocycles. The van der Waals surface area contributed by atoms with Gasteiger partial charge in [-0.1, -0.05) is 17.7 Å². The number of benzene rings is 1. The van der Waals surface area contributed by atoms with E-state index >= 15 is 0 Å². The highest BCUT2D eigenvalue weighted by molar-refractivity contribution is 6.30. The van der Waals surface area contributed by atoms with Crippen LogP contribution in [0, 0.1) is 18.3 Å². The molecule has 3 nitrogen and oxygen atoms in total. The summed E-state index contributed by atoms with van der Waals surface area (Å²) in [5, 5.41) is 9.45. The number of halogens is 1. The molecule has 15 heavy (non-hydrogen) atoms. The number of hydrogen-bond donors (Lipinski definition) is 0. The fourth-order valence-corrected chi connectivity index (χ4v) is 1.59. The molecule has 0 fully saturated rings. The van der Waals surface area contributed by atoms with Crippen molar-refractivity contribution in [2.24, 2.45) is 0 Å². The highest BCUT2D eigenvalue weighted by Crippen LogP contribution is 2.17. The summed E-state index contributed by atoms with van der Waals surface area (Å²) in [6.45, 7) is 1.85. The van der Waals surface area contributed by atoms with Crippen LogP contribution in [0.3, 0.4) is 0 Å². The van der Waals surface area contributed by atoms with Crippen LogP contribution in [0.25, 0.3) is 5.69 Å². The molecule has 0 aliphatic heterocycles. The summed E-state index contributed by atoms with van der Waals surface area (Å²) < 4.78 is 1.84. The Kier molecular flexibility index (Phi) is 2.44. The van der Waals surface area contributed by atoms with Crippen molar-refractivity contribution in [3.8, 4) is 11.8 Å². The Morgan fingerprint density at radius 2 is 2.27 bits per heavy atom. The Morgan fingerprint density at radius 3 is 2.87 bits per heavy atom. The van der Waals surface area contributed by atoms with Crippen molar-refractivity contribution in [1.82, 2.24) is 9.55 Å². The number of hydrogen-bond acceptors (Lipinski definition) is 2. The standard InChI is InChI=1S/C11H8ClN3/c1-8-11(6-13)14-7-15(8)10-4-2-3-9(12)5-10/h2-5,7H,1H3. The van der Waals surface area contributed by atoms with E-state index in [1.165, 1.54) is 0 Å². The van der Waals surface area contributed by atoms with Gasteiger partial charge in [0, 0.05) is 10.7 Å². The lowest BCUT2D eigenvalue weighted by Gasteiger charge is -2.04. The van der Waals surface area contributed by atoms with Gasteiger partial charge in [-0.25, -0.2) is 4.98 Å². The van der Waals surface area contributed by atoms with Crippen molar-refractivity contribution in [2.75, 3.05) is 0 Å². The van der Waals surface area contributed by atoms with Gasteiger partial charge in [0.2, 0.25) is 0 Å². The van der Waals surface area contributed by atoms with Crippen molar-refractivity contribution in [1.29, 1.82) is 5.26 Å². The topological polar surface area (TPSA) is 41.6 Å². The van der Waals surface area contributed by atoms with E-state index in [-0.39, 0.29) is 0 Å². The van der Waals surface area contributed by atoms with Crippen molar-refractivity contribution in [2.45, 2.75) is 6.92 Å². The van der Waals surface area contributed by atoms with Crippen molar-refractivity contribution < 1.29 is 0 Å². The maximum Gasteiger partial charge on any atom is 0.161 e. The number of rotatable bonds is 1. The molecule has 1 aromatic carbocycles. The molecular formula is C11H8ClN3. The number of imidazole rings is 1. The normalized spacial score (nSPS) is 9.93. The molecule has 2 rings (SSSR count). The quantitative estimate of drug-likeness (QED) is 0.737. The van der Waals surface area contributed by atoms with E-state index in [0.717, 1.165) is 11.4 Å². The van der Waals surface area contributed by atoms with Gasteiger partial charge >= 0.3 is 0 Å². The second-order valence-electron chi connectivity index (χ2n) is 3.14. The fourth-order valence-electron chi connectivity index (χ4n) is 1.41. The lowest BCUT2D eigenvalue weighted by Crippen LogP contribution is -1.94. The third-order valence-electron chi connectivity index (χ3n) is 2.20. The third kappa shape index (κ3) is 1.72. The molecule has 0 radical (unpaired) electrons. The summed E-state index contributed by atoms with van der Waals surface area (Å²) in [5.74, 6) is 0. The molecule has 0 amide bonds. The first-order valence-electron chi connectivity index (χ1n) is 4.42. The Hall–Kier alpha value is -1.79. The van der Waals surface area contributed by atoms with Gasteiger partial charge < -0.3 is 4.57 Å². The predicted molar refractivity (Wildman–Crippen MR) is 58.0 cm³/mol. The van der Waals surface area contributed by atoms with E-state index in [9.17, 15) is 0 Å². The van der Waals surface area contributed by atoms with Crippen molar-refractivity contribution >= 4 is 11.6 Å². The molecular weight excluding hydrogens is 210 g/mol. The van der Waals surface area contributed by atoms with Crippen LogP contribution >= 0.6 is 11.6 Å². The summed E-state index contributed by atoms with van der Waals surface area (Å²) in [7, 11) is 0. The van der Waals surface area contributed by atoms with E-state index in [4.69, 9.17) is 16.9 Å². The molecule has 0 spiro atoms. The van der Waals surface area contributed by atoms with E-state index < -0.39 is 0 Å². The molecule has 0 unspecified atom stereocenters. The van der Waals surface area contributed by atoms with Gasteiger partial charge in [0.25, 0.3) is 0 Å². The second-order valence-corrected chi connectivity index (χ2v) is 3.58. The highest BCUT2D eigenvalue weighted by atomic mass is 35.5. The molecule has 0 bridgehead atoms. The van der Waals surface area contributed by atoms with Gasteiger partial charge in [-0.3, -0.25) is 0 Å². The third-order valence-corrected chi connectivity index (χ3v) is 2.43. The molecule has 1 heterocycles. The maximum absolute atomic E-state index is 8.78. The molecule has 0 atom stereocenters. The van der Waals surface area contributed by atoms with Crippen LogP contribution in [-0.2, 0) is 0 Å². The maximum atomic E-state index is 8.78. The smallest absolute Gasteiger partial charge is 0.161 e. The van der Waals surface area contributed by atoms with Gasteiger partial charge in [-0.2, -0.15) is 5.26 Å². The molecule has 4 heteroatoms. The average molecular weight is 218 g/mol. The second kappa shape index (κ2) is 3.76. The van der Waals surface area contributed by atoms with E-state index in [0.29, 0.717) is 10.7 Å². The molecule has 2 aromatic rings. The van der Waals surface area contributed by atoms with Gasteiger partial charge in [-0.15, -0.1) is 0 Å². The minimum Gasteiger partial charge on any atom is -0.302 e. The Balaban J connectivity index is 2.56. The minimum atomic E-state index is 0.440. The largest absolute Gasteiger partial charge is 0.302 e. The Bertz CT molecular complexity index is 537. The van der Waals surface area contributed by atoms with Crippen LogP contribution in [-0.4, -0.2) is 9.55 Å². The molecule has 74 valence electrons. The number of aromatic nitrogens is 2. The van der Waals surface area contributed by atoms with Crippen LogP contribution < -0.4 is 0 Å². The number of nitriles is 1. The lowest BCUT2D eigenvalue weighted by atomic mass is 10.3. The van der Waals surface area contributed by atoms with Gasteiger partial charge in [0.15, 0.2) is 5.69 Å². The molecule has 0 aliphatic rings. The zero-order valence-corrected chi connectivity index (χ0v) is 8.86. The van der Waals surface area contributed by atoms with Crippen LogP contribution in [0.5, 0.6) is 0 Å². The van der Waals surface area contributed by atoms with E-state index in [1.807, 2.05) is 41.8 Å². The Morgan fingerprint density at radius 1 is 1.47 bits per heavy atom. The zero-order valence-electron chi connectivity index (χ0n) is 8.11. The lowest BCUT2D eigenvalue weighted by molar-refractivity contribution is 1.00. The average Bonchev–Trinajstić information content (AvgIpc) is 2.59. The highest BCUT2D eigenvalue weighted by Gasteiger charge is 2.06. The SMILES string of the molecule is Cc1c(C#N)ncn1-c1cccc(Cl)c1. The summed E-state index contributed by atoms with van der Waals surface area (Å²) >= 11 is 5.89. The zero-order chi connectivity index (χ0) is 10.8. The van der Waals surface area contributed by atoms with E-state index in [2.05, 4.69) is 4.98 Å². The molecule has 0 aliphatic carbocycles. The fraction of sp³-hybridized carbons (Fsp3) is 0.0909. The van der Waals surface area contributed by atoms with Crippen LogP contribution in [0.2, 0.25) is 5.02 Å². The summed E-state index contributed by atoms with van der Waals surface area (Å²) in [4.78, 5) is 4.00. The monoisotopic (exact) mass is 217 g/mol. The Labute approximate surface area is 92.6 Å². The molecule has 0 N–H and O–H groups in total. The van der Waals surface area contributed by atoms with Crippen LogP contribution in [0.15, 0.2) is 30.6 Å². The summed E-state index contributed by atoms with van der Waals surface area (Å²) in [6.07, 6.45) is 1.62. The van der Waals surface area contributed by atoms with Gasteiger partial charge in [-0.05, 0) is 25.1 Å². The summed E-state index contributed by atoms with van der Waals surface area (Å²) in [6, 6.07) is 9.46. The summed E-state index contributed by atoms with van der Waals surface area (Å²) in [5.41, 5.74) is 2.17. The van der Waals surface area contributed by atoms with Gasteiger partial charge in [0.05, 0.1) is 5.69 Å². The van der Waals surface area contributed by atoms with Crippen LogP contribution in [0.1, 0.15) is 11.4 Å². The molecule has 1 aromatic heterocycles. The first kappa shape index (κ1) is 9.75.